The third-order valence-electron chi connectivity index (χ3n) is 3.49. The summed E-state index contributed by atoms with van der Waals surface area (Å²) in [4.78, 5) is 6.95. The fraction of sp³-hybridized carbons (Fsp3) is 0.462. The highest BCUT2D eigenvalue weighted by atomic mass is 35.5. The van der Waals surface area contributed by atoms with E-state index >= 15 is 0 Å². The molecule has 4 heteroatoms. The summed E-state index contributed by atoms with van der Waals surface area (Å²) < 4.78 is 1.33. The van der Waals surface area contributed by atoms with E-state index in [0.29, 0.717) is 5.92 Å². The zero-order chi connectivity index (χ0) is 11.7. The number of halogens is 1. The predicted molar refractivity (Wildman–Crippen MR) is 75.3 cm³/mol. The second-order valence-corrected chi connectivity index (χ2v) is 5.81. The Morgan fingerprint density at radius 2 is 2.18 bits per heavy atom. The Morgan fingerprint density at radius 1 is 1.35 bits per heavy atom. The number of thiophene rings is 1. The van der Waals surface area contributed by atoms with Gasteiger partial charge < -0.3 is 4.90 Å². The summed E-state index contributed by atoms with van der Waals surface area (Å²) in [6.45, 7) is 2.17. The molecule has 1 aliphatic rings. The van der Waals surface area contributed by atoms with Crippen LogP contribution in [0, 0.1) is 5.92 Å². The van der Waals surface area contributed by atoms with Gasteiger partial charge in [-0.25, -0.2) is 4.98 Å². The Bertz CT molecular complexity index is 503. The average molecular weight is 267 g/mol. The van der Waals surface area contributed by atoms with Crippen LogP contribution in [-0.2, 0) is 0 Å². The first-order chi connectivity index (χ1) is 8.38. The van der Waals surface area contributed by atoms with Gasteiger partial charge in [-0.2, -0.15) is 0 Å². The first-order valence-electron chi connectivity index (χ1n) is 6.01. The molecular weight excluding hydrogens is 252 g/mol. The van der Waals surface area contributed by atoms with Crippen LogP contribution in [0.25, 0.3) is 10.1 Å². The minimum absolute atomic E-state index is 0.689. The fourth-order valence-corrected chi connectivity index (χ4v) is 3.52. The number of pyridine rings is 1. The number of piperidine rings is 1. The van der Waals surface area contributed by atoms with Gasteiger partial charge in [-0.3, -0.25) is 0 Å². The fourth-order valence-electron chi connectivity index (χ4n) is 2.43. The van der Waals surface area contributed by atoms with Crippen LogP contribution in [0.15, 0.2) is 23.7 Å². The third-order valence-corrected chi connectivity index (χ3v) is 4.81. The lowest BCUT2D eigenvalue weighted by Gasteiger charge is -2.32. The number of nitrogens with zero attached hydrogens (tertiary/aromatic N) is 2. The van der Waals surface area contributed by atoms with Crippen LogP contribution in [0.5, 0.6) is 0 Å². The number of hydrogen-bond acceptors (Lipinski definition) is 3. The summed E-state index contributed by atoms with van der Waals surface area (Å²) in [5, 5.41) is 3.43. The van der Waals surface area contributed by atoms with Crippen molar-refractivity contribution >= 4 is 38.8 Å². The number of rotatable bonds is 2. The highest BCUT2D eigenvalue weighted by Gasteiger charge is 2.20. The van der Waals surface area contributed by atoms with E-state index < -0.39 is 0 Å². The van der Waals surface area contributed by atoms with Gasteiger partial charge >= 0.3 is 0 Å². The van der Waals surface area contributed by atoms with E-state index in [4.69, 9.17) is 11.6 Å². The minimum atomic E-state index is 0.689. The van der Waals surface area contributed by atoms with Crippen LogP contribution in [0.2, 0.25) is 0 Å². The molecule has 0 N–H and O–H groups in total. The van der Waals surface area contributed by atoms with E-state index in [1.54, 1.807) is 11.3 Å². The first kappa shape index (κ1) is 11.3. The van der Waals surface area contributed by atoms with Gasteiger partial charge in [0.2, 0.25) is 0 Å². The molecular formula is C13H15ClN2S. The molecule has 0 spiro atoms. The molecule has 17 heavy (non-hydrogen) atoms. The Labute approximate surface area is 110 Å². The van der Waals surface area contributed by atoms with Gasteiger partial charge in [0.15, 0.2) is 0 Å². The summed E-state index contributed by atoms with van der Waals surface area (Å²) in [7, 11) is 0. The van der Waals surface area contributed by atoms with Crippen LogP contribution in [0.3, 0.4) is 0 Å². The van der Waals surface area contributed by atoms with Gasteiger partial charge in [0.05, 0.1) is 0 Å². The second kappa shape index (κ2) is 4.83. The van der Waals surface area contributed by atoms with Gasteiger partial charge in [0.25, 0.3) is 0 Å². The quantitative estimate of drug-likeness (QED) is 0.770. The molecule has 1 saturated heterocycles. The largest absolute Gasteiger partial charge is 0.356 e. The van der Waals surface area contributed by atoms with Crippen LogP contribution in [0.4, 0.5) is 5.82 Å². The molecule has 1 aliphatic heterocycles. The molecule has 0 amide bonds. The first-order valence-corrected chi connectivity index (χ1v) is 7.43. The van der Waals surface area contributed by atoms with Crippen molar-refractivity contribution in [2.24, 2.45) is 5.92 Å². The Kier molecular flexibility index (Phi) is 3.21. The van der Waals surface area contributed by atoms with Crippen molar-refractivity contribution in [2.45, 2.75) is 12.8 Å². The normalized spacial score (nSPS) is 17.8. The molecule has 0 atom stereocenters. The molecule has 0 aliphatic carbocycles. The van der Waals surface area contributed by atoms with Crippen LogP contribution in [0.1, 0.15) is 12.8 Å². The third kappa shape index (κ3) is 2.14. The molecule has 3 rings (SSSR count). The van der Waals surface area contributed by atoms with E-state index in [9.17, 15) is 0 Å². The van der Waals surface area contributed by atoms with Gasteiger partial charge in [-0.05, 0) is 36.3 Å². The predicted octanol–water partition coefficient (Wildman–Crippen LogP) is 3.75. The molecule has 0 unspecified atom stereocenters. The summed E-state index contributed by atoms with van der Waals surface area (Å²) in [5.74, 6) is 2.63. The lowest BCUT2D eigenvalue weighted by Crippen LogP contribution is -2.34. The Hall–Kier alpha value is -0.800. The van der Waals surface area contributed by atoms with E-state index in [0.717, 1.165) is 24.8 Å². The highest BCUT2D eigenvalue weighted by Crippen LogP contribution is 2.31. The Morgan fingerprint density at radius 3 is 2.94 bits per heavy atom. The smallest absolute Gasteiger partial charge is 0.137 e. The van der Waals surface area contributed by atoms with Crippen LogP contribution in [-0.4, -0.2) is 24.0 Å². The molecule has 0 radical (unpaired) electrons. The maximum Gasteiger partial charge on any atom is 0.137 e. The van der Waals surface area contributed by atoms with E-state index in [1.807, 2.05) is 6.20 Å². The number of hydrogen-bond donors (Lipinski definition) is 0. The molecule has 1 fully saturated rings. The van der Waals surface area contributed by atoms with Crippen LogP contribution >= 0.6 is 22.9 Å². The Balaban J connectivity index is 1.87. The summed E-state index contributed by atoms with van der Waals surface area (Å²) >= 11 is 7.70. The van der Waals surface area contributed by atoms with Crippen LogP contribution < -0.4 is 4.90 Å². The molecule has 3 heterocycles. The van der Waals surface area contributed by atoms with E-state index in [-0.39, 0.29) is 0 Å². The summed E-state index contributed by atoms with van der Waals surface area (Å²) in [5.41, 5.74) is 0. The topological polar surface area (TPSA) is 16.1 Å². The second-order valence-electron chi connectivity index (χ2n) is 4.55. The van der Waals surface area contributed by atoms with Crippen molar-refractivity contribution in [1.82, 2.24) is 4.98 Å². The molecule has 2 nitrogen and oxygen atoms in total. The molecule has 2 aromatic rings. The summed E-state index contributed by atoms with van der Waals surface area (Å²) in [6, 6.07) is 4.27. The summed E-state index contributed by atoms with van der Waals surface area (Å²) in [6.07, 6.45) is 4.29. The number of aromatic nitrogens is 1. The molecule has 0 aromatic carbocycles. The molecule has 90 valence electrons. The van der Waals surface area contributed by atoms with Gasteiger partial charge in [-0.1, -0.05) is 0 Å². The zero-order valence-electron chi connectivity index (χ0n) is 9.60. The monoisotopic (exact) mass is 266 g/mol. The maximum atomic E-state index is 5.92. The average Bonchev–Trinajstić information content (AvgIpc) is 2.87. The molecule has 0 saturated carbocycles. The molecule has 0 bridgehead atoms. The standard InChI is InChI=1S/C13H15ClN2S/c14-9-10-2-6-16(7-3-10)13-11-4-8-17-12(11)1-5-15-13/h1,4-5,8,10H,2-3,6-7,9H2. The van der Waals surface area contributed by atoms with Crippen molar-refractivity contribution in [3.63, 3.8) is 0 Å². The lowest BCUT2D eigenvalue weighted by molar-refractivity contribution is 0.441. The number of fused-ring (bicyclic) bond motifs is 1. The van der Waals surface area contributed by atoms with Gasteiger partial charge in [-0.15, -0.1) is 22.9 Å². The van der Waals surface area contributed by atoms with Crippen molar-refractivity contribution in [3.8, 4) is 0 Å². The van der Waals surface area contributed by atoms with Crippen molar-refractivity contribution in [3.05, 3.63) is 23.7 Å². The number of alkyl halides is 1. The molecule has 2 aromatic heterocycles. The zero-order valence-corrected chi connectivity index (χ0v) is 11.2. The van der Waals surface area contributed by atoms with Crippen molar-refractivity contribution < 1.29 is 0 Å². The van der Waals surface area contributed by atoms with Gasteiger partial charge in [0.1, 0.15) is 5.82 Å². The van der Waals surface area contributed by atoms with Gasteiger partial charge in [0, 0.05) is 35.3 Å². The van der Waals surface area contributed by atoms with E-state index in [2.05, 4.69) is 27.4 Å². The van der Waals surface area contributed by atoms with E-state index in [1.165, 1.54) is 22.9 Å². The van der Waals surface area contributed by atoms with Crippen molar-refractivity contribution in [1.29, 1.82) is 0 Å². The lowest BCUT2D eigenvalue weighted by atomic mass is 9.99. The number of anilines is 1. The highest BCUT2D eigenvalue weighted by molar-refractivity contribution is 7.17. The minimum Gasteiger partial charge on any atom is -0.356 e. The SMILES string of the molecule is ClCC1CCN(c2nccc3sccc23)CC1. The van der Waals surface area contributed by atoms with Crippen molar-refractivity contribution in [2.75, 3.05) is 23.9 Å². The maximum absolute atomic E-state index is 5.92.